The topological polar surface area (TPSA) is 46.9 Å². The monoisotopic (exact) mass is 373 g/mol. The molecular formula is C26H17N2O. The van der Waals surface area contributed by atoms with Crippen molar-refractivity contribution in [3.63, 3.8) is 0 Å². The molecule has 0 N–H and O–H groups in total. The van der Waals surface area contributed by atoms with Crippen molar-refractivity contribution >= 4 is 22.0 Å². The number of benzene rings is 4. The summed E-state index contributed by atoms with van der Waals surface area (Å²) in [7, 11) is 0. The molecule has 0 aromatic heterocycles. The average Bonchev–Trinajstić information content (AvgIpc) is 2.80. The number of hydroxylamine groups is 1. The van der Waals surface area contributed by atoms with E-state index >= 15 is 0 Å². The van der Waals surface area contributed by atoms with Crippen molar-refractivity contribution in [3.05, 3.63) is 120 Å². The van der Waals surface area contributed by atoms with Crippen LogP contribution in [0, 0.1) is 11.3 Å². The van der Waals surface area contributed by atoms with Crippen molar-refractivity contribution < 1.29 is 5.21 Å². The van der Waals surface area contributed by atoms with Gasteiger partial charge in [-0.15, -0.1) is 0 Å². The summed E-state index contributed by atoms with van der Waals surface area (Å²) < 4.78 is 0. The molecule has 1 aliphatic heterocycles. The van der Waals surface area contributed by atoms with Gasteiger partial charge in [0.2, 0.25) is 0 Å². The van der Waals surface area contributed by atoms with Gasteiger partial charge >= 0.3 is 0 Å². The van der Waals surface area contributed by atoms with Gasteiger partial charge in [0, 0.05) is 5.56 Å². The standard InChI is InChI=1S/C26H17N2O/c27-18-20-17-26(21-10-3-1-4-11-21,22-12-5-2-6-13-22)28(29)24-16-15-19-9-7-8-14-23(19)25(20)24/h1-17H. The molecular weight excluding hydrogens is 356 g/mol. The fourth-order valence-corrected chi connectivity index (χ4v) is 4.28. The second kappa shape index (κ2) is 6.63. The summed E-state index contributed by atoms with van der Waals surface area (Å²) >= 11 is 0. The van der Waals surface area contributed by atoms with Crippen molar-refractivity contribution in [2.45, 2.75) is 5.54 Å². The first-order chi connectivity index (χ1) is 14.3. The molecule has 0 amide bonds. The van der Waals surface area contributed by atoms with E-state index in [4.69, 9.17) is 0 Å². The van der Waals surface area contributed by atoms with Crippen LogP contribution in [0.1, 0.15) is 16.7 Å². The summed E-state index contributed by atoms with van der Waals surface area (Å²) in [6.45, 7) is 0. The molecule has 0 saturated carbocycles. The van der Waals surface area contributed by atoms with Gasteiger partial charge in [-0.25, -0.2) is 5.06 Å². The highest BCUT2D eigenvalue weighted by atomic mass is 16.5. The van der Waals surface area contributed by atoms with Gasteiger partial charge in [-0.2, -0.15) is 5.26 Å². The minimum atomic E-state index is -1.11. The summed E-state index contributed by atoms with van der Waals surface area (Å²) in [5.74, 6) is 0. The van der Waals surface area contributed by atoms with Crippen LogP contribution in [0.4, 0.5) is 5.69 Å². The van der Waals surface area contributed by atoms with Crippen molar-refractivity contribution in [3.8, 4) is 6.07 Å². The van der Waals surface area contributed by atoms with Crippen LogP contribution < -0.4 is 5.06 Å². The fraction of sp³-hybridized carbons (Fsp3) is 0.0385. The first-order valence-corrected chi connectivity index (χ1v) is 9.49. The minimum absolute atomic E-state index is 0.510. The van der Waals surface area contributed by atoms with E-state index in [2.05, 4.69) is 6.07 Å². The molecule has 1 radical (unpaired) electrons. The summed E-state index contributed by atoms with van der Waals surface area (Å²) in [6.07, 6.45) is 1.82. The molecule has 5 rings (SSSR count). The lowest BCUT2D eigenvalue weighted by atomic mass is 9.76. The Morgan fingerprint density at radius 2 is 1.31 bits per heavy atom. The molecule has 29 heavy (non-hydrogen) atoms. The smallest absolute Gasteiger partial charge is 0.140 e. The highest BCUT2D eigenvalue weighted by molar-refractivity contribution is 6.04. The molecule has 0 bridgehead atoms. The van der Waals surface area contributed by atoms with Gasteiger partial charge in [0.05, 0.1) is 17.3 Å². The third-order valence-corrected chi connectivity index (χ3v) is 5.62. The van der Waals surface area contributed by atoms with E-state index in [-0.39, 0.29) is 0 Å². The minimum Gasteiger partial charge on any atom is -0.201 e. The molecule has 0 spiro atoms. The van der Waals surface area contributed by atoms with Gasteiger partial charge in [0.15, 0.2) is 0 Å². The zero-order chi connectivity index (χ0) is 19.8. The van der Waals surface area contributed by atoms with E-state index in [1.807, 2.05) is 103 Å². The number of nitriles is 1. The largest absolute Gasteiger partial charge is 0.201 e. The van der Waals surface area contributed by atoms with E-state index in [0.717, 1.165) is 27.0 Å². The third-order valence-electron chi connectivity index (χ3n) is 5.62. The summed E-state index contributed by atoms with van der Waals surface area (Å²) in [6, 6.07) is 33.3. The summed E-state index contributed by atoms with van der Waals surface area (Å²) in [5, 5.41) is 27.1. The van der Waals surface area contributed by atoms with Gasteiger partial charge in [-0.1, -0.05) is 96.2 Å². The summed E-state index contributed by atoms with van der Waals surface area (Å²) in [4.78, 5) is 0. The molecule has 4 aromatic carbocycles. The molecule has 137 valence electrons. The Morgan fingerprint density at radius 3 is 1.93 bits per heavy atom. The van der Waals surface area contributed by atoms with E-state index in [1.165, 1.54) is 0 Å². The molecule has 0 unspecified atom stereocenters. The van der Waals surface area contributed by atoms with Crippen LogP contribution in [-0.4, -0.2) is 0 Å². The van der Waals surface area contributed by atoms with Crippen molar-refractivity contribution in [1.82, 2.24) is 0 Å². The maximum absolute atomic E-state index is 14.0. The normalized spacial score (nSPS) is 14.8. The lowest BCUT2D eigenvalue weighted by Crippen LogP contribution is -2.45. The molecule has 0 saturated heterocycles. The molecule has 1 heterocycles. The van der Waals surface area contributed by atoms with Crippen LogP contribution in [-0.2, 0) is 10.7 Å². The molecule has 0 fully saturated rings. The highest BCUT2D eigenvalue weighted by Gasteiger charge is 2.44. The predicted molar refractivity (Wildman–Crippen MR) is 114 cm³/mol. The van der Waals surface area contributed by atoms with Crippen LogP contribution in [0.2, 0.25) is 0 Å². The molecule has 4 aromatic rings. The van der Waals surface area contributed by atoms with Crippen molar-refractivity contribution in [1.29, 1.82) is 5.26 Å². The van der Waals surface area contributed by atoms with E-state index in [9.17, 15) is 10.5 Å². The molecule has 0 atom stereocenters. The lowest BCUT2D eigenvalue weighted by Gasteiger charge is -2.42. The second-order valence-electron chi connectivity index (χ2n) is 7.14. The number of rotatable bonds is 2. The Kier molecular flexibility index (Phi) is 3.94. The zero-order valence-corrected chi connectivity index (χ0v) is 15.6. The van der Waals surface area contributed by atoms with E-state index in [0.29, 0.717) is 16.8 Å². The van der Waals surface area contributed by atoms with Gasteiger partial charge < -0.3 is 0 Å². The Bertz CT molecular complexity index is 1230. The third kappa shape index (κ3) is 2.47. The van der Waals surface area contributed by atoms with Crippen LogP contribution >= 0.6 is 0 Å². The van der Waals surface area contributed by atoms with Gasteiger partial charge in [-0.05, 0) is 34.0 Å². The Morgan fingerprint density at radius 1 is 0.724 bits per heavy atom. The number of fused-ring (bicyclic) bond motifs is 3. The highest BCUT2D eigenvalue weighted by Crippen LogP contribution is 2.48. The van der Waals surface area contributed by atoms with Gasteiger partial charge in [-0.3, -0.25) is 0 Å². The first-order valence-electron chi connectivity index (χ1n) is 9.49. The van der Waals surface area contributed by atoms with Crippen molar-refractivity contribution in [2.24, 2.45) is 0 Å². The Labute approximate surface area is 169 Å². The first kappa shape index (κ1) is 17.2. The number of hydrogen-bond donors (Lipinski definition) is 0. The van der Waals surface area contributed by atoms with Gasteiger partial charge in [0.1, 0.15) is 5.54 Å². The Balaban J connectivity index is 1.89. The number of allylic oxidation sites excluding steroid dienone is 1. The van der Waals surface area contributed by atoms with Crippen LogP contribution in [0.15, 0.2) is 103 Å². The molecule has 1 aliphatic rings. The fourth-order valence-electron chi connectivity index (χ4n) is 4.28. The number of hydrogen-bond acceptors (Lipinski definition) is 2. The van der Waals surface area contributed by atoms with Crippen LogP contribution in [0.5, 0.6) is 0 Å². The maximum atomic E-state index is 14.0. The summed E-state index contributed by atoms with van der Waals surface area (Å²) in [5.41, 5.74) is 2.26. The van der Waals surface area contributed by atoms with Crippen LogP contribution in [0.25, 0.3) is 16.3 Å². The maximum Gasteiger partial charge on any atom is 0.140 e. The lowest BCUT2D eigenvalue weighted by molar-refractivity contribution is 0.113. The average molecular weight is 373 g/mol. The number of anilines is 1. The zero-order valence-electron chi connectivity index (χ0n) is 15.6. The van der Waals surface area contributed by atoms with Gasteiger partial charge in [0.25, 0.3) is 0 Å². The van der Waals surface area contributed by atoms with Crippen molar-refractivity contribution in [2.75, 3.05) is 5.06 Å². The predicted octanol–water partition coefficient (Wildman–Crippen LogP) is 5.86. The second-order valence-corrected chi connectivity index (χ2v) is 7.14. The Hall–Kier alpha value is -3.87. The van der Waals surface area contributed by atoms with E-state index < -0.39 is 5.54 Å². The number of nitrogens with zero attached hydrogens (tertiary/aromatic N) is 2. The molecule has 3 heteroatoms. The molecule has 0 aliphatic carbocycles. The van der Waals surface area contributed by atoms with Crippen LogP contribution in [0.3, 0.4) is 0 Å². The van der Waals surface area contributed by atoms with E-state index in [1.54, 1.807) is 0 Å². The molecule has 3 nitrogen and oxygen atoms in total. The quantitative estimate of drug-likeness (QED) is 0.442. The SMILES string of the molecule is N#CC1=CC(c2ccccc2)(c2ccccc2)N([O])c2ccc3ccccc3c21.